The first kappa shape index (κ1) is 22.4. The summed E-state index contributed by atoms with van der Waals surface area (Å²) in [5.41, 5.74) is 8.68. The number of nitrogens with one attached hydrogen (secondary N) is 1. The Morgan fingerprint density at radius 1 is 1.31 bits per heavy atom. The second-order valence-electron chi connectivity index (χ2n) is 6.10. The maximum absolute atomic E-state index is 12.0. The lowest BCUT2D eigenvalue weighted by Crippen LogP contribution is -2.28. The molecule has 1 aliphatic rings. The van der Waals surface area contributed by atoms with E-state index in [1.807, 2.05) is 30.5 Å². The Bertz CT molecular complexity index is 700. The van der Waals surface area contributed by atoms with Crippen molar-refractivity contribution >= 4 is 36.4 Å². The second kappa shape index (κ2) is 10.5. The number of halogens is 2. The number of aryl methyl sites for hydroxylation is 1. The van der Waals surface area contributed by atoms with Gasteiger partial charge in [-0.05, 0) is 43.5 Å². The minimum atomic E-state index is -0.249. The van der Waals surface area contributed by atoms with Crippen molar-refractivity contribution in [3.63, 3.8) is 0 Å². The minimum absolute atomic E-state index is 0. The van der Waals surface area contributed by atoms with Gasteiger partial charge < -0.3 is 20.4 Å². The first-order chi connectivity index (χ1) is 11.7. The van der Waals surface area contributed by atoms with Gasteiger partial charge in [-0.15, -0.1) is 24.8 Å². The summed E-state index contributed by atoms with van der Waals surface area (Å²) in [5, 5.41) is 2.87. The van der Waals surface area contributed by atoms with Gasteiger partial charge in [-0.3, -0.25) is 4.79 Å². The summed E-state index contributed by atoms with van der Waals surface area (Å²) in [7, 11) is 1.56. The van der Waals surface area contributed by atoms with Crippen LogP contribution in [0.3, 0.4) is 0 Å². The fourth-order valence-electron chi connectivity index (χ4n) is 3.05. The molecule has 1 aromatic heterocycles. The number of fused-ring (bicyclic) bond motifs is 1. The van der Waals surface area contributed by atoms with Gasteiger partial charge in [0, 0.05) is 43.3 Å². The number of anilines is 1. The van der Waals surface area contributed by atoms with Crippen LogP contribution in [0.5, 0.6) is 0 Å². The zero-order valence-corrected chi connectivity index (χ0v) is 16.4. The van der Waals surface area contributed by atoms with E-state index < -0.39 is 0 Å². The van der Waals surface area contributed by atoms with E-state index >= 15 is 0 Å². The van der Waals surface area contributed by atoms with Crippen LogP contribution in [0, 0.1) is 0 Å². The van der Waals surface area contributed by atoms with Crippen LogP contribution in [0.4, 0.5) is 5.69 Å². The van der Waals surface area contributed by atoms with Gasteiger partial charge in [0.2, 0.25) is 5.91 Å². The number of imidazole rings is 1. The predicted molar refractivity (Wildman–Crippen MR) is 108 cm³/mol. The first-order valence-electron chi connectivity index (χ1n) is 8.39. The highest BCUT2D eigenvalue weighted by Gasteiger charge is 2.15. The summed E-state index contributed by atoms with van der Waals surface area (Å²) in [6.45, 7) is 1.36. The van der Waals surface area contributed by atoms with Crippen LogP contribution in [0.25, 0.3) is 11.4 Å². The molecular formula is C18H26Cl2N4O2. The maximum atomic E-state index is 12.0. The Hall–Kier alpha value is -1.60. The van der Waals surface area contributed by atoms with Gasteiger partial charge >= 0.3 is 0 Å². The molecule has 0 saturated heterocycles. The van der Waals surface area contributed by atoms with Crippen molar-refractivity contribution in [3.05, 3.63) is 36.2 Å². The number of hydrogen-bond donors (Lipinski definition) is 2. The number of nitrogens with two attached hydrogens (primary N) is 1. The van der Waals surface area contributed by atoms with E-state index in [4.69, 9.17) is 10.5 Å². The third-order valence-corrected chi connectivity index (χ3v) is 4.44. The van der Waals surface area contributed by atoms with E-state index in [1.165, 1.54) is 18.5 Å². The van der Waals surface area contributed by atoms with Crippen LogP contribution < -0.4 is 11.1 Å². The van der Waals surface area contributed by atoms with Crippen LogP contribution >= 0.6 is 24.8 Å². The summed E-state index contributed by atoms with van der Waals surface area (Å²) < 4.78 is 7.43. The average Bonchev–Trinajstić information content (AvgIpc) is 3.04. The van der Waals surface area contributed by atoms with Gasteiger partial charge in [0.1, 0.15) is 5.82 Å². The Labute approximate surface area is 166 Å². The first-order valence-corrected chi connectivity index (χ1v) is 8.39. The molecule has 3 rings (SSSR count). The molecule has 1 amide bonds. The molecule has 1 aliphatic heterocycles. The molecule has 0 fully saturated rings. The predicted octanol–water partition coefficient (Wildman–Crippen LogP) is 3.03. The number of carbonyl (C=O) groups excluding carboxylic acids is 1. The van der Waals surface area contributed by atoms with Crippen LogP contribution in [0.1, 0.15) is 25.0 Å². The topological polar surface area (TPSA) is 82.2 Å². The van der Waals surface area contributed by atoms with Crippen LogP contribution in [-0.4, -0.2) is 35.2 Å². The monoisotopic (exact) mass is 400 g/mol. The molecule has 0 aliphatic carbocycles. The van der Waals surface area contributed by atoms with Crippen LogP contribution in [0.15, 0.2) is 30.5 Å². The lowest BCUT2D eigenvalue weighted by Gasteiger charge is -2.16. The molecule has 26 heavy (non-hydrogen) atoms. The highest BCUT2D eigenvalue weighted by atomic mass is 35.5. The zero-order chi connectivity index (χ0) is 16.9. The lowest BCUT2D eigenvalue weighted by atomic mass is 10.1. The molecule has 8 heteroatoms. The molecule has 2 heterocycles. The summed E-state index contributed by atoms with van der Waals surface area (Å²) in [4.78, 5) is 16.5. The quantitative estimate of drug-likeness (QED) is 0.780. The van der Waals surface area contributed by atoms with E-state index in [0.29, 0.717) is 6.54 Å². The molecule has 1 unspecified atom stereocenters. The summed E-state index contributed by atoms with van der Waals surface area (Å²) >= 11 is 0. The second-order valence-corrected chi connectivity index (χ2v) is 6.10. The highest BCUT2D eigenvalue weighted by Crippen LogP contribution is 2.25. The molecule has 1 atom stereocenters. The molecule has 2 aromatic rings. The number of aromatic nitrogens is 2. The van der Waals surface area contributed by atoms with Crippen LogP contribution in [-0.2, 0) is 22.5 Å². The zero-order valence-electron chi connectivity index (χ0n) is 14.8. The Kier molecular flexibility index (Phi) is 9.08. The van der Waals surface area contributed by atoms with E-state index in [9.17, 15) is 4.79 Å². The number of methoxy groups -OCH3 is 1. The average molecular weight is 401 g/mol. The summed E-state index contributed by atoms with van der Waals surface area (Å²) in [6.07, 6.45) is 5.52. The summed E-state index contributed by atoms with van der Waals surface area (Å²) in [6, 6.07) is 7.80. The van der Waals surface area contributed by atoms with Crippen molar-refractivity contribution in [1.29, 1.82) is 0 Å². The molecule has 0 saturated carbocycles. The normalized spacial score (nSPS) is 13.8. The van der Waals surface area contributed by atoms with Gasteiger partial charge in [0.05, 0.1) is 12.5 Å². The fourth-order valence-corrected chi connectivity index (χ4v) is 3.05. The maximum Gasteiger partial charge on any atom is 0.227 e. The number of nitrogens with zero attached hydrogens (tertiary/aromatic N) is 2. The van der Waals surface area contributed by atoms with Crippen molar-refractivity contribution in [2.75, 3.05) is 19.0 Å². The molecule has 0 radical (unpaired) electrons. The standard InChI is InChI=1S/C18H24N4O2.2ClH/c1-24-16(11-19)10-17(23)21-14-7-5-13(6-8-14)18-20-12-15-4-2-3-9-22(15)18;;/h5-8,12,16H,2-4,9-11,19H2,1H3,(H,21,23);2*1H. The van der Waals surface area contributed by atoms with Crippen molar-refractivity contribution in [2.45, 2.75) is 38.3 Å². The van der Waals surface area contributed by atoms with E-state index in [2.05, 4.69) is 14.9 Å². The molecular weight excluding hydrogens is 375 g/mol. The van der Waals surface area contributed by atoms with Crippen molar-refractivity contribution in [2.24, 2.45) is 5.73 Å². The van der Waals surface area contributed by atoms with Gasteiger partial charge in [-0.25, -0.2) is 4.98 Å². The smallest absolute Gasteiger partial charge is 0.227 e. The number of rotatable bonds is 6. The van der Waals surface area contributed by atoms with E-state index in [-0.39, 0.29) is 43.2 Å². The van der Waals surface area contributed by atoms with Crippen molar-refractivity contribution in [3.8, 4) is 11.4 Å². The van der Waals surface area contributed by atoms with Gasteiger partial charge in [0.15, 0.2) is 0 Å². The minimum Gasteiger partial charge on any atom is -0.380 e. The van der Waals surface area contributed by atoms with Crippen LogP contribution in [0.2, 0.25) is 0 Å². The number of ether oxygens (including phenoxy) is 1. The van der Waals surface area contributed by atoms with E-state index in [1.54, 1.807) is 7.11 Å². The number of amides is 1. The molecule has 6 nitrogen and oxygen atoms in total. The highest BCUT2D eigenvalue weighted by molar-refractivity contribution is 5.91. The van der Waals surface area contributed by atoms with Gasteiger partial charge in [-0.1, -0.05) is 0 Å². The third kappa shape index (κ3) is 5.20. The van der Waals surface area contributed by atoms with E-state index in [0.717, 1.165) is 30.0 Å². The Morgan fingerprint density at radius 3 is 2.69 bits per heavy atom. The summed E-state index contributed by atoms with van der Waals surface area (Å²) in [5.74, 6) is 0.906. The molecule has 3 N–H and O–H groups in total. The fraction of sp³-hybridized carbons (Fsp3) is 0.444. The molecule has 0 spiro atoms. The Balaban J connectivity index is 0.00000169. The number of benzene rings is 1. The molecule has 1 aromatic carbocycles. The third-order valence-electron chi connectivity index (χ3n) is 4.44. The van der Waals surface area contributed by atoms with Crippen molar-refractivity contribution < 1.29 is 9.53 Å². The van der Waals surface area contributed by atoms with Gasteiger partial charge in [0.25, 0.3) is 0 Å². The largest absolute Gasteiger partial charge is 0.380 e. The number of carbonyl (C=O) groups is 1. The molecule has 144 valence electrons. The SMILES string of the molecule is COC(CN)CC(=O)Nc1ccc(-c2ncc3n2CCCC3)cc1.Cl.Cl. The lowest BCUT2D eigenvalue weighted by molar-refractivity contribution is -0.118. The van der Waals surface area contributed by atoms with Crippen molar-refractivity contribution in [1.82, 2.24) is 9.55 Å². The van der Waals surface area contributed by atoms with Gasteiger partial charge in [-0.2, -0.15) is 0 Å². The Morgan fingerprint density at radius 2 is 2.04 bits per heavy atom. The number of hydrogen-bond acceptors (Lipinski definition) is 4. The molecule has 0 bridgehead atoms.